The zero-order chi connectivity index (χ0) is 22.3. The first-order valence-electron chi connectivity index (χ1n) is 9.89. The zero-order valence-electron chi connectivity index (χ0n) is 17.6. The largest absolute Gasteiger partial charge is 0.416 e. The maximum Gasteiger partial charge on any atom is 0.416 e. The number of halogens is 4. The van der Waals surface area contributed by atoms with Crippen molar-refractivity contribution in [3.63, 3.8) is 0 Å². The van der Waals surface area contributed by atoms with Gasteiger partial charge >= 0.3 is 6.18 Å². The Morgan fingerprint density at radius 2 is 1.90 bits per heavy atom. The van der Waals surface area contributed by atoms with Gasteiger partial charge in [0.2, 0.25) is 5.91 Å². The molecule has 1 aliphatic carbocycles. The number of nitrogens with one attached hydrogen (secondary N) is 1. The monoisotopic (exact) mass is 438 g/mol. The normalized spacial score (nSPS) is 17.1. The first kappa shape index (κ1) is 22.5. The molecule has 1 aromatic rings. The van der Waals surface area contributed by atoms with Gasteiger partial charge < -0.3 is 10.2 Å². The molecule has 2 aliphatic rings. The van der Waals surface area contributed by atoms with Crippen molar-refractivity contribution in [2.45, 2.75) is 53.1 Å². The van der Waals surface area contributed by atoms with Crippen molar-refractivity contribution in [1.29, 1.82) is 0 Å². The van der Waals surface area contributed by atoms with Gasteiger partial charge in [-0.3, -0.25) is 4.79 Å². The number of carbonyl (C=O) groups is 1. The molecule has 0 bridgehead atoms. The number of carbonyl (C=O) groups excluding carboxylic acids is 1. The van der Waals surface area contributed by atoms with Crippen molar-refractivity contribution in [3.05, 3.63) is 57.8 Å². The van der Waals surface area contributed by atoms with Crippen LogP contribution in [0.1, 0.15) is 45.6 Å². The lowest BCUT2D eigenvalue weighted by atomic mass is 9.90. The lowest BCUT2D eigenvalue weighted by Crippen LogP contribution is -2.25. The van der Waals surface area contributed by atoms with Crippen LogP contribution in [0.25, 0.3) is 0 Å². The van der Waals surface area contributed by atoms with Gasteiger partial charge in [-0.2, -0.15) is 13.2 Å². The zero-order valence-corrected chi connectivity index (χ0v) is 18.3. The summed E-state index contributed by atoms with van der Waals surface area (Å²) in [5.74, 6) is -0.0930. The maximum absolute atomic E-state index is 13.0. The second-order valence-corrected chi connectivity index (χ2v) is 9.44. The van der Waals surface area contributed by atoms with Gasteiger partial charge in [0.15, 0.2) is 0 Å². The summed E-state index contributed by atoms with van der Waals surface area (Å²) in [6, 6.07) is 3.72. The van der Waals surface area contributed by atoms with Gasteiger partial charge in [0.05, 0.1) is 16.3 Å². The Hall–Kier alpha value is -2.21. The number of alkyl halides is 3. The number of rotatable bonds is 3. The molecular formula is C23H26ClF3N2O. The Morgan fingerprint density at radius 3 is 2.50 bits per heavy atom. The highest BCUT2D eigenvalue weighted by atomic mass is 35.5. The predicted molar refractivity (Wildman–Crippen MR) is 116 cm³/mol. The Kier molecular flexibility index (Phi) is 6.10. The molecule has 0 radical (unpaired) electrons. The van der Waals surface area contributed by atoms with Gasteiger partial charge in [0.1, 0.15) is 0 Å². The molecule has 1 heterocycles. The summed E-state index contributed by atoms with van der Waals surface area (Å²) in [4.78, 5) is 14.3. The molecule has 0 saturated heterocycles. The third-order valence-electron chi connectivity index (χ3n) is 5.10. The van der Waals surface area contributed by atoms with Crippen molar-refractivity contribution in [2.75, 3.05) is 16.8 Å². The molecule has 1 aliphatic heterocycles. The molecule has 0 spiro atoms. The summed E-state index contributed by atoms with van der Waals surface area (Å²) >= 11 is 6.47. The van der Waals surface area contributed by atoms with E-state index in [0.29, 0.717) is 30.1 Å². The Labute approximate surface area is 180 Å². The highest BCUT2D eigenvalue weighted by Crippen LogP contribution is 2.39. The van der Waals surface area contributed by atoms with Crippen LogP contribution >= 0.6 is 11.6 Å². The number of allylic oxidation sites excluding steroid dienone is 4. The van der Waals surface area contributed by atoms with Crippen LogP contribution in [0.2, 0.25) is 5.02 Å². The van der Waals surface area contributed by atoms with Crippen LogP contribution in [0.5, 0.6) is 0 Å². The van der Waals surface area contributed by atoms with E-state index in [0.717, 1.165) is 22.4 Å². The first-order valence-corrected chi connectivity index (χ1v) is 10.3. The van der Waals surface area contributed by atoms with Crippen LogP contribution in [0.3, 0.4) is 0 Å². The summed E-state index contributed by atoms with van der Waals surface area (Å²) in [5, 5.41) is 3.34. The molecule has 7 heteroatoms. The van der Waals surface area contributed by atoms with E-state index in [9.17, 15) is 18.0 Å². The van der Waals surface area contributed by atoms with E-state index < -0.39 is 11.7 Å². The summed E-state index contributed by atoms with van der Waals surface area (Å²) < 4.78 is 38.9. The number of anilines is 2. The fourth-order valence-corrected chi connectivity index (χ4v) is 3.98. The van der Waals surface area contributed by atoms with Gasteiger partial charge in [0.25, 0.3) is 0 Å². The summed E-state index contributed by atoms with van der Waals surface area (Å²) in [6.07, 6.45) is 1.22. The minimum absolute atomic E-state index is 0.0930. The second kappa shape index (κ2) is 8.14. The molecule has 3 rings (SSSR count). The van der Waals surface area contributed by atoms with Crippen molar-refractivity contribution in [3.8, 4) is 0 Å². The number of amides is 1. The topological polar surface area (TPSA) is 32.3 Å². The Morgan fingerprint density at radius 1 is 1.20 bits per heavy atom. The van der Waals surface area contributed by atoms with Crippen LogP contribution < -0.4 is 10.2 Å². The molecule has 0 fully saturated rings. The van der Waals surface area contributed by atoms with Crippen molar-refractivity contribution >= 4 is 28.9 Å². The molecule has 30 heavy (non-hydrogen) atoms. The first-order chi connectivity index (χ1) is 13.8. The SMILES string of the molecule is Cc1cc(N2C=C3CC=C(C(F)(F)F)C=C3CC2)cc(Cl)c1NC(=O)CC(C)(C)C. The van der Waals surface area contributed by atoms with Gasteiger partial charge in [0, 0.05) is 24.9 Å². The highest BCUT2D eigenvalue weighted by Gasteiger charge is 2.34. The predicted octanol–water partition coefficient (Wildman–Crippen LogP) is 6.94. The summed E-state index contributed by atoms with van der Waals surface area (Å²) in [7, 11) is 0. The van der Waals surface area contributed by atoms with E-state index in [2.05, 4.69) is 5.32 Å². The molecule has 1 aromatic carbocycles. The average Bonchev–Trinajstić information content (AvgIpc) is 2.61. The average molecular weight is 439 g/mol. The van der Waals surface area contributed by atoms with Gasteiger partial charge in [-0.25, -0.2) is 0 Å². The fraction of sp³-hybridized carbons (Fsp3) is 0.435. The molecule has 3 nitrogen and oxygen atoms in total. The summed E-state index contributed by atoms with van der Waals surface area (Å²) in [6.45, 7) is 8.42. The number of nitrogens with zero attached hydrogens (tertiary/aromatic N) is 1. The quantitative estimate of drug-likeness (QED) is 0.554. The molecule has 1 N–H and O–H groups in total. The second-order valence-electron chi connectivity index (χ2n) is 9.03. The van der Waals surface area contributed by atoms with E-state index in [4.69, 9.17) is 11.6 Å². The van der Waals surface area contributed by atoms with Crippen molar-refractivity contribution in [2.24, 2.45) is 5.41 Å². The number of benzene rings is 1. The Balaban J connectivity index is 1.80. The van der Waals surface area contributed by atoms with Crippen molar-refractivity contribution in [1.82, 2.24) is 0 Å². The molecule has 0 atom stereocenters. The molecule has 0 aromatic heterocycles. The van der Waals surface area contributed by atoms with Crippen LogP contribution in [0, 0.1) is 12.3 Å². The standard InChI is InChI=1S/C23H26ClF3N2O/c1-14-9-18(11-19(24)21(14)28-20(30)12-22(2,3)4)29-8-7-15-10-17(23(25,26)27)6-5-16(15)13-29/h6,9-11,13H,5,7-8,12H2,1-4H3,(H,28,30). The number of hydrogen-bond acceptors (Lipinski definition) is 2. The third-order valence-corrected chi connectivity index (χ3v) is 5.40. The lowest BCUT2D eigenvalue weighted by molar-refractivity contribution is -0.117. The van der Waals surface area contributed by atoms with E-state index in [-0.39, 0.29) is 17.7 Å². The van der Waals surface area contributed by atoms with Crippen LogP contribution in [0.15, 0.2) is 47.2 Å². The minimum atomic E-state index is -4.31. The molecule has 1 amide bonds. The van der Waals surface area contributed by atoms with Crippen molar-refractivity contribution < 1.29 is 18.0 Å². The number of aryl methyl sites for hydroxylation is 1. The maximum atomic E-state index is 13.0. The smallest absolute Gasteiger partial charge is 0.347 e. The van der Waals surface area contributed by atoms with Crippen LogP contribution in [0.4, 0.5) is 24.5 Å². The number of fused-ring (bicyclic) bond motifs is 1. The third kappa shape index (κ3) is 5.28. The summed E-state index contributed by atoms with van der Waals surface area (Å²) in [5.41, 5.74) is 3.19. The van der Waals surface area contributed by atoms with E-state index in [1.165, 1.54) is 12.2 Å². The lowest BCUT2D eigenvalue weighted by Gasteiger charge is -2.31. The molecule has 0 saturated carbocycles. The highest BCUT2D eigenvalue weighted by molar-refractivity contribution is 6.34. The van der Waals surface area contributed by atoms with E-state index >= 15 is 0 Å². The van der Waals surface area contributed by atoms with Gasteiger partial charge in [-0.05, 0) is 60.1 Å². The van der Waals surface area contributed by atoms with E-state index in [1.807, 2.05) is 44.9 Å². The Bertz CT molecular complexity index is 929. The van der Waals surface area contributed by atoms with E-state index in [1.54, 1.807) is 6.07 Å². The minimum Gasteiger partial charge on any atom is -0.347 e. The number of hydrogen-bond donors (Lipinski definition) is 1. The fourth-order valence-electron chi connectivity index (χ4n) is 3.67. The molecule has 162 valence electrons. The van der Waals surface area contributed by atoms with Crippen LogP contribution in [-0.2, 0) is 4.79 Å². The van der Waals surface area contributed by atoms with Crippen LogP contribution in [-0.4, -0.2) is 18.6 Å². The molecule has 0 unspecified atom stereocenters. The molecular weight excluding hydrogens is 413 g/mol. The van der Waals surface area contributed by atoms with Gasteiger partial charge in [-0.15, -0.1) is 0 Å². The van der Waals surface area contributed by atoms with Gasteiger partial charge in [-0.1, -0.05) is 38.4 Å².